The van der Waals surface area contributed by atoms with Crippen molar-refractivity contribution in [2.24, 2.45) is 5.10 Å². The van der Waals surface area contributed by atoms with E-state index in [1.807, 2.05) is 37.3 Å². The Labute approximate surface area is 167 Å². The molecule has 0 aliphatic heterocycles. The smallest absolute Gasteiger partial charge is 0.260 e. The number of hydrogen-bond acceptors (Lipinski definition) is 4. The molecule has 6 nitrogen and oxygen atoms in total. The molecule has 0 radical (unpaired) electrons. The fourth-order valence-electron chi connectivity index (χ4n) is 2.25. The molecule has 0 saturated carbocycles. The average molecular weight is 485 g/mol. The molecule has 0 heterocycles. The van der Waals surface area contributed by atoms with E-state index in [0.29, 0.717) is 11.4 Å². The first-order valence-corrected chi connectivity index (χ1v) is 10.7. The number of aryl methyl sites for hydroxylation is 1. The first-order chi connectivity index (χ1) is 12.2. The topological polar surface area (TPSA) is 78.8 Å². The Hall–Kier alpha value is -1.94. The molecular weight excluding hydrogens is 465 g/mol. The standard InChI is InChI=1S/C18H20IN3O3S/c1-13-5-4-6-17(11-13)22(26(3,24)25)12-18(23)21-20-14(2)15-7-9-16(19)10-8-15/h4-11H,12H2,1-3H3,(H,21,23)/b20-14-. The van der Waals surface area contributed by atoms with E-state index in [4.69, 9.17) is 0 Å². The summed E-state index contributed by atoms with van der Waals surface area (Å²) >= 11 is 2.21. The third-order valence-electron chi connectivity index (χ3n) is 3.59. The van der Waals surface area contributed by atoms with Crippen molar-refractivity contribution in [3.05, 3.63) is 63.2 Å². The second-order valence-electron chi connectivity index (χ2n) is 5.85. The van der Waals surface area contributed by atoms with E-state index >= 15 is 0 Å². The van der Waals surface area contributed by atoms with Crippen LogP contribution in [0.25, 0.3) is 0 Å². The fourth-order valence-corrected chi connectivity index (χ4v) is 3.46. The first-order valence-electron chi connectivity index (χ1n) is 7.80. The average Bonchev–Trinajstić information content (AvgIpc) is 2.57. The SMILES string of the molecule is C/C(=N/NC(=O)CN(c1cccc(C)c1)S(C)(=O)=O)c1ccc(I)cc1. The van der Waals surface area contributed by atoms with Gasteiger partial charge in [0.2, 0.25) is 10.0 Å². The van der Waals surface area contributed by atoms with Crippen molar-refractivity contribution in [2.45, 2.75) is 13.8 Å². The zero-order valence-electron chi connectivity index (χ0n) is 14.7. The minimum absolute atomic E-state index is 0.342. The van der Waals surface area contributed by atoms with E-state index in [1.165, 1.54) is 0 Å². The second kappa shape index (κ2) is 8.63. The van der Waals surface area contributed by atoms with Crippen molar-refractivity contribution >= 4 is 49.9 Å². The van der Waals surface area contributed by atoms with E-state index in [-0.39, 0.29) is 6.54 Å². The number of rotatable bonds is 6. The molecule has 0 fully saturated rings. The highest BCUT2D eigenvalue weighted by molar-refractivity contribution is 14.1. The van der Waals surface area contributed by atoms with Gasteiger partial charge >= 0.3 is 0 Å². The number of hydrogen-bond donors (Lipinski definition) is 1. The number of carbonyl (C=O) groups excluding carboxylic acids is 1. The summed E-state index contributed by atoms with van der Waals surface area (Å²) in [5.41, 5.74) is 5.29. The van der Waals surface area contributed by atoms with Crippen LogP contribution in [0.1, 0.15) is 18.1 Å². The number of hydrazone groups is 1. The van der Waals surface area contributed by atoms with Gasteiger partial charge in [-0.2, -0.15) is 5.10 Å². The highest BCUT2D eigenvalue weighted by Gasteiger charge is 2.20. The number of amides is 1. The monoisotopic (exact) mass is 485 g/mol. The molecule has 0 aliphatic carbocycles. The van der Waals surface area contributed by atoms with Crippen LogP contribution in [0, 0.1) is 10.5 Å². The molecule has 2 aromatic rings. The van der Waals surface area contributed by atoms with Crippen LogP contribution in [-0.4, -0.2) is 32.8 Å². The van der Waals surface area contributed by atoms with Crippen molar-refractivity contribution < 1.29 is 13.2 Å². The summed E-state index contributed by atoms with van der Waals surface area (Å²) < 4.78 is 26.3. The predicted octanol–water partition coefficient (Wildman–Crippen LogP) is 2.91. The quantitative estimate of drug-likeness (QED) is 0.389. The molecule has 0 aliphatic rings. The number of benzene rings is 2. The lowest BCUT2D eigenvalue weighted by Gasteiger charge is -2.21. The van der Waals surface area contributed by atoms with Gasteiger partial charge < -0.3 is 0 Å². The van der Waals surface area contributed by atoms with Crippen molar-refractivity contribution in [3.8, 4) is 0 Å². The van der Waals surface area contributed by atoms with E-state index < -0.39 is 15.9 Å². The number of carbonyl (C=O) groups is 1. The molecule has 0 bridgehead atoms. The summed E-state index contributed by atoms with van der Waals surface area (Å²) in [6.07, 6.45) is 1.07. The van der Waals surface area contributed by atoms with Crippen LogP contribution >= 0.6 is 22.6 Å². The zero-order valence-corrected chi connectivity index (χ0v) is 17.7. The van der Waals surface area contributed by atoms with Gasteiger partial charge in [-0.05, 0) is 71.8 Å². The molecule has 2 aromatic carbocycles. The highest BCUT2D eigenvalue weighted by atomic mass is 127. The predicted molar refractivity (Wildman–Crippen MR) is 113 cm³/mol. The Morgan fingerprint density at radius 2 is 1.85 bits per heavy atom. The number of nitrogens with zero attached hydrogens (tertiary/aromatic N) is 2. The maximum atomic E-state index is 12.2. The fraction of sp³-hybridized carbons (Fsp3) is 0.222. The van der Waals surface area contributed by atoms with E-state index in [1.54, 1.807) is 25.1 Å². The lowest BCUT2D eigenvalue weighted by atomic mass is 10.1. The summed E-state index contributed by atoms with van der Waals surface area (Å²) in [6, 6.07) is 14.7. The third-order valence-corrected chi connectivity index (χ3v) is 5.45. The number of sulfonamides is 1. The number of halogens is 1. The molecule has 0 spiro atoms. The van der Waals surface area contributed by atoms with Gasteiger partial charge in [0.15, 0.2) is 0 Å². The maximum absolute atomic E-state index is 12.2. The molecule has 138 valence electrons. The van der Waals surface area contributed by atoms with Gasteiger partial charge in [-0.15, -0.1) is 0 Å². The molecule has 0 saturated heterocycles. The maximum Gasteiger partial charge on any atom is 0.260 e. The summed E-state index contributed by atoms with van der Waals surface area (Å²) in [6.45, 7) is 3.29. The Morgan fingerprint density at radius 3 is 2.42 bits per heavy atom. The van der Waals surface area contributed by atoms with Crippen molar-refractivity contribution in [2.75, 3.05) is 17.1 Å². The van der Waals surface area contributed by atoms with Crippen molar-refractivity contribution in [1.82, 2.24) is 5.43 Å². The Balaban J connectivity index is 2.12. The van der Waals surface area contributed by atoms with E-state index in [0.717, 1.165) is 25.3 Å². The molecule has 1 amide bonds. The lowest BCUT2D eigenvalue weighted by Crippen LogP contribution is -2.39. The van der Waals surface area contributed by atoms with Crippen LogP contribution in [0.2, 0.25) is 0 Å². The largest absolute Gasteiger partial charge is 0.271 e. The Kier molecular flexibility index (Phi) is 6.76. The van der Waals surface area contributed by atoms with Gasteiger partial charge in [0.25, 0.3) is 5.91 Å². The summed E-state index contributed by atoms with van der Waals surface area (Å²) in [4.78, 5) is 12.2. The van der Waals surface area contributed by atoms with Gasteiger partial charge in [-0.1, -0.05) is 24.3 Å². The Bertz CT molecular complexity index is 925. The van der Waals surface area contributed by atoms with Crippen LogP contribution in [0.4, 0.5) is 5.69 Å². The zero-order chi connectivity index (χ0) is 19.3. The molecule has 8 heteroatoms. The highest BCUT2D eigenvalue weighted by Crippen LogP contribution is 2.18. The minimum Gasteiger partial charge on any atom is -0.271 e. The van der Waals surface area contributed by atoms with Gasteiger partial charge in [0, 0.05) is 3.57 Å². The van der Waals surface area contributed by atoms with Crippen LogP contribution in [0.5, 0.6) is 0 Å². The molecule has 2 rings (SSSR count). The molecule has 0 atom stereocenters. The number of nitrogens with one attached hydrogen (secondary N) is 1. The normalized spacial score (nSPS) is 11.9. The molecule has 0 unspecified atom stereocenters. The number of anilines is 1. The van der Waals surface area contributed by atoms with Crippen LogP contribution in [-0.2, 0) is 14.8 Å². The molecule has 0 aromatic heterocycles. The van der Waals surface area contributed by atoms with Crippen molar-refractivity contribution in [1.29, 1.82) is 0 Å². The first kappa shape index (κ1) is 20.4. The van der Waals surface area contributed by atoms with Gasteiger partial charge in [-0.3, -0.25) is 9.10 Å². The molecule has 1 N–H and O–H groups in total. The van der Waals surface area contributed by atoms with Gasteiger partial charge in [0.1, 0.15) is 6.54 Å². The van der Waals surface area contributed by atoms with Crippen molar-refractivity contribution in [3.63, 3.8) is 0 Å². The van der Waals surface area contributed by atoms with E-state index in [9.17, 15) is 13.2 Å². The second-order valence-corrected chi connectivity index (χ2v) is 9.00. The van der Waals surface area contributed by atoms with Crippen LogP contribution in [0.15, 0.2) is 53.6 Å². The van der Waals surface area contributed by atoms with E-state index in [2.05, 4.69) is 33.1 Å². The molecule has 26 heavy (non-hydrogen) atoms. The summed E-state index contributed by atoms with van der Waals surface area (Å²) in [5, 5.41) is 4.06. The van der Waals surface area contributed by atoms with Crippen LogP contribution in [0.3, 0.4) is 0 Å². The Morgan fingerprint density at radius 1 is 1.19 bits per heavy atom. The van der Waals surface area contributed by atoms with Gasteiger partial charge in [-0.25, -0.2) is 13.8 Å². The minimum atomic E-state index is -3.60. The summed E-state index contributed by atoms with van der Waals surface area (Å²) in [7, 11) is -3.60. The van der Waals surface area contributed by atoms with Gasteiger partial charge in [0.05, 0.1) is 17.7 Å². The molecular formula is C18H20IN3O3S. The summed E-state index contributed by atoms with van der Waals surface area (Å²) in [5.74, 6) is -0.512. The lowest BCUT2D eigenvalue weighted by molar-refractivity contribution is -0.119. The third kappa shape index (κ3) is 5.80. The van der Waals surface area contributed by atoms with Crippen LogP contribution < -0.4 is 9.73 Å².